The lowest BCUT2D eigenvalue weighted by Crippen LogP contribution is -2.56. The van der Waals surface area contributed by atoms with Gasteiger partial charge in [0.05, 0.1) is 13.2 Å². The molecule has 0 saturated carbocycles. The number of carbonyl (C=O) groups excluding carboxylic acids is 3. The van der Waals surface area contributed by atoms with E-state index in [1.54, 1.807) is 13.8 Å². The Morgan fingerprint density at radius 1 is 1.00 bits per heavy atom. The molecule has 1 heterocycles. The zero-order valence-electron chi connectivity index (χ0n) is 12.0. The lowest BCUT2D eigenvalue weighted by molar-refractivity contribution is 0.118. The summed E-state index contributed by atoms with van der Waals surface area (Å²) >= 11 is 0. The van der Waals surface area contributed by atoms with Gasteiger partial charge in [0.2, 0.25) is 0 Å². The summed E-state index contributed by atoms with van der Waals surface area (Å²) in [7, 11) is 3.03. The first-order valence-corrected chi connectivity index (χ1v) is 6.28. The van der Waals surface area contributed by atoms with Gasteiger partial charge in [0.1, 0.15) is 12.3 Å². The Labute approximate surface area is 117 Å². The topological polar surface area (TPSA) is 100 Å². The highest BCUT2D eigenvalue weighted by Gasteiger charge is 2.44. The van der Waals surface area contributed by atoms with Gasteiger partial charge in [-0.25, -0.2) is 14.4 Å². The maximum atomic E-state index is 11.9. The molecule has 1 fully saturated rings. The molecule has 9 heteroatoms. The van der Waals surface area contributed by atoms with Gasteiger partial charge < -0.3 is 19.3 Å². The lowest BCUT2D eigenvalue weighted by atomic mass is 10.3. The van der Waals surface area contributed by atoms with Crippen LogP contribution in [0.2, 0.25) is 0 Å². The molecule has 0 aliphatic carbocycles. The largest absolute Gasteiger partial charge is 0.450 e. The third-order valence-electron chi connectivity index (χ3n) is 2.82. The van der Waals surface area contributed by atoms with Crippen LogP contribution >= 0.6 is 0 Å². The summed E-state index contributed by atoms with van der Waals surface area (Å²) in [4.78, 5) is 37.4. The van der Waals surface area contributed by atoms with Crippen LogP contribution < -0.4 is 10.6 Å². The van der Waals surface area contributed by atoms with E-state index in [-0.39, 0.29) is 19.2 Å². The van der Waals surface area contributed by atoms with Crippen LogP contribution in [0, 0.1) is 0 Å². The number of alkyl carbamates (subject to hydrolysis) is 2. The van der Waals surface area contributed by atoms with Crippen LogP contribution in [0.4, 0.5) is 14.4 Å². The third kappa shape index (κ3) is 3.43. The molecule has 1 aliphatic rings. The number of likely N-dealkylation sites (N-methyl/N-ethyl adjacent to an activating group) is 2. The molecule has 0 aromatic rings. The first-order chi connectivity index (χ1) is 9.42. The predicted molar refractivity (Wildman–Crippen MR) is 68.8 cm³/mol. The van der Waals surface area contributed by atoms with Gasteiger partial charge in [0.25, 0.3) is 0 Å². The number of hydrogen-bond acceptors (Lipinski definition) is 5. The summed E-state index contributed by atoms with van der Waals surface area (Å²) in [5.74, 6) is 0. The van der Waals surface area contributed by atoms with Gasteiger partial charge in [0.15, 0.2) is 0 Å². The minimum Gasteiger partial charge on any atom is -0.450 e. The zero-order valence-corrected chi connectivity index (χ0v) is 12.0. The van der Waals surface area contributed by atoms with Crippen LogP contribution in [0.1, 0.15) is 13.8 Å². The SMILES string of the molecule is CCOC(=O)N[C@@H]1[C@H](NC(=O)OCC)N(C)C(=O)N1C. The Hall–Kier alpha value is -2.19. The zero-order chi connectivity index (χ0) is 15.3. The van der Waals surface area contributed by atoms with Gasteiger partial charge in [0, 0.05) is 14.1 Å². The molecule has 2 N–H and O–H groups in total. The molecule has 0 bridgehead atoms. The van der Waals surface area contributed by atoms with Gasteiger partial charge in [-0.3, -0.25) is 10.6 Å². The van der Waals surface area contributed by atoms with E-state index in [1.807, 2.05) is 0 Å². The number of rotatable bonds is 4. The quantitative estimate of drug-likeness (QED) is 0.765. The van der Waals surface area contributed by atoms with E-state index in [2.05, 4.69) is 10.6 Å². The Balaban J connectivity index is 2.77. The minimum absolute atomic E-state index is 0.210. The van der Waals surface area contributed by atoms with E-state index < -0.39 is 24.5 Å². The Kier molecular flexibility index (Phi) is 5.42. The van der Waals surface area contributed by atoms with Crippen LogP contribution in [-0.4, -0.2) is 67.7 Å². The highest BCUT2D eigenvalue weighted by Crippen LogP contribution is 2.16. The van der Waals surface area contributed by atoms with E-state index in [0.29, 0.717) is 0 Å². The summed E-state index contributed by atoms with van der Waals surface area (Å²) < 4.78 is 9.55. The van der Waals surface area contributed by atoms with Crippen molar-refractivity contribution >= 4 is 18.2 Å². The smallest absolute Gasteiger partial charge is 0.408 e. The molecule has 9 nitrogen and oxygen atoms in total. The molecule has 0 radical (unpaired) electrons. The van der Waals surface area contributed by atoms with Crippen LogP contribution in [0.3, 0.4) is 0 Å². The Morgan fingerprint density at radius 3 is 1.65 bits per heavy atom. The highest BCUT2D eigenvalue weighted by molar-refractivity contribution is 5.80. The fourth-order valence-electron chi connectivity index (χ4n) is 1.85. The van der Waals surface area contributed by atoms with Crippen molar-refractivity contribution in [3.05, 3.63) is 0 Å². The number of nitrogens with one attached hydrogen (secondary N) is 2. The molecule has 20 heavy (non-hydrogen) atoms. The van der Waals surface area contributed by atoms with Crippen molar-refractivity contribution in [3.8, 4) is 0 Å². The second kappa shape index (κ2) is 6.83. The summed E-state index contributed by atoms with van der Waals surface area (Å²) in [6.45, 7) is 3.76. The molecule has 0 aromatic carbocycles. The van der Waals surface area contributed by atoms with Crippen molar-refractivity contribution in [2.24, 2.45) is 0 Å². The molecule has 1 saturated heterocycles. The maximum absolute atomic E-state index is 11.9. The Morgan fingerprint density at radius 2 is 1.35 bits per heavy atom. The Bertz CT molecular complexity index is 355. The number of nitrogens with zero attached hydrogens (tertiary/aromatic N) is 2. The number of hydrogen-bond donors (Lipinski definition) is 2. The van der Waals surface area contributed by atoms with E-state index >= 15 is 0 Å². The molecular weight excluding hydrogens is 268 g/mol. The molecular formula is C11H20N4O5. The summed E-state index contributed by atoms with van der Waals surface area (Å²) in [6.07, 6.45) is -2.81. The fourth-order valence-corrected chi connectivity index (χ4v) is 1.85. The molecule has 0 unspecified atom stereocenters. The average molecular weight is 288 g/mol. The van der Waals surface area contributed by atoms with Gasteiger partial charge in [-0.15, -0.1) is 0 Å². The van der Waals surface area contributed by atoms with Crippen LogP contribution in [0.5, 0.6) is 0 Å². The van der Waals surface area contributed by atoms with E-state index in [0.717, 1.165) is 0 Å². The molecule has 1 aliphatic heterocycles. The normalized spacial score (nSPS) is 21.7. The molecule has 1 rings (SSSR count). The second-order valence-electron chi connectivity index (χ2n) is 4.12. The molecule has 0 spiro atoms. The first kappa shape index (κ1) is 15.9. The average Bonchev–Trinajstić information content (AvgIpc) is 2.57. The minimum atomic E-state index is -0.740. The molecule has 0 aromatic heterocycles. The number of amides is 4. The van der Waals surface area contributed by atoms with Gasteiger partial charge >= 0.3 is 18.2 Å². The standard InChI is InChI=1S/C11H20N4O5/c1-5-19-9(16)12-7-8(13-10(17)20-6-2)15(4)11(18)14(7)3/h7-8H,5-6H2,1-4H3,(H,12,16)(H,13,17)/t7-,8+. The molecule has 4 amide bonds. The van der Waals surface area contributed by atoms with Crippen molar-refractivity contribution < 1.29 is 23.9 Å². The number of ether oxygens (including phenoxy) is 2. The molecule has 114 valence electrons. The monoisotopic (exact) mass is 288 g/mol. The van der Waals surface area contributed by atoms with Crippen molar-refractivity contribution in [1.29, 1.82) is 0 Å². The summed E-state index contributed by atoms with van der Waals surface area (Å²) in [6, 6.07) is -0.339. The van der Waals surface area contributed by atoms with E-state index in [4.69, 9.17) is 9.47 Å². The first-order valence-electron chi connectivity index (χ1n) is 6.28. The van der Waals surface area contributed by atoms with Crippen LogP contribution in [0.25, 0.3) is 0 Å². The number of carbonyl (C=O) groups is 3. The van der Waals surface area contributed by atoms with Crippen molar-refractivity contribution in [2.45, 2.75) is 26.2 Å². The van der Waals surface area contributed by atoms with Crippen LogP contribution in [-0.2, 0) is 9.47 Å². The van der Waals surface area contributed by atoms with Crippen molar-refractivity contribution in [2.75, 3.05) is 27.3 Å². The van der Waals surface area contributed by atoms with E-state index in [1.165, 1.54) is 23.9 Å². The van der Waals surface area contributed by atoms with Crippen molar-refractivity contribution in [1.82, 2.24) is 20.4 Å². The van der Waals surface area contributed by atoms with Gasteiger partial charge in [-0.05, 0) is 13.8 Å². The summed E-state index contributed by atoms with van der Waals surface area (Å²) in [5, 5.41) is 5.04. The van der Waals surface area contributed by atoms with Gasteiger partial charge in [-0.2, -0.15) is 0 Å². The second-order valence-corrected chi connectivity index (χ2v) is 4.12. The van der Waals surface area contributed by atoms with Crippen molar-refractivity contribution in [3.63, 3.8) is 0 Å². The third-order valence-corrected chi connectivity index (χ3v) is 2.82. The highest BCUT2D eigenvalue weighted by atomic mass is 16.6. The maximum Gasteiger partial charge on any atom is 0.408 e. The summed E-state index contributed by atoms with van der Waals surface area (Å²) in [5.41, 5.74) is 0. The lowest BCUT2D eigenvalue weighted by Gasteiger charge is -2.25. The predicted octanol–water partition coefficient (Wildman–Crippen LogP) is 0.128. The van der Waals surface area contributed by atoms with Gasteiger partial charge in [-0.1, -0.05) is 0 Å². The van der Waals surface area contributed by atoms with Crippen LogP contribution in [0.15, 0.2) is 0 Å². The molecule has 2 atom stereocenters. The number of urea groups is 1. The van der Waals surface area contributed by atoms with E-state index in [9.17, 15) is 14.4 Å². The fraction of sp³-hybridized carbons (Fsp3) is 0.727.